The van der Waals surface area contributed by atoms with E-state index in [2.05, 4.69) is 143 Å². The average molecular weight is 527 g/mol. The topological polar surface area (TPSA) is 35.1 Å². The number of aromatic nitrogens is 4. The fourth-order valence-corrected chi connectivity index (χ4v) is 6.01. The highest BCUT2D eigenvalue weighted by Crippen LogP contribution is 2.35. The number of benzene rings is 5. The van der Waals surface area contributed by atoms with Gasteiger partial charge in [-0.15, -0.1) is 0 Å². The van der Waals surface area contributed by atoms with E-state index in [1.165, 1.54) is 33.1 Å². The molecule has 41 heavy (non-hydrogen) atoms. The summed E-state index contributed by atoms with van der Waals surface area (Å²) >= 11 is 0. The number of imidazole rings is 1. The van der Waals surface area contributed by atoms with Crippen molar-refractivity contribution in [1.29, 1.82) is 0 Å². The van der Waals surface area contributed by atoms with Gasteiger partial charge in [0.2, 0.25) is 5.78 Å². The normalized spacial score (nSPS) is 11.5. The van der Waals surface area contributed by atoms with E-state index in [-0.39, 0.29) is 0 Å². The predicted molar refractivity (Wildman–Crippen MR) is 168 cm³/mol. The summed E-state index contributed by atoms with van der Waals surface area (Å²) in [5.41, 5.74) is 10.9. The average Bonchev–Trinajstić information content (AvgIpc) is 3.58. The maximum absolute atomic E-state index is 5.06. The first-order chi connectivity index (χ1) is 20.3. The Morgan fingerprint density at radius 3 is 1.80 bits per heavy atom. The lowest BCUT2D eigenvalue weighted by atomic mass is 10.0. The molecule has 0 bridgehead atoms. The summed E-state index contributed by atoms with van der Waals surface area (Å²) in [6, 6.07) is 46.7. The van der Waals surface area contributed by atoms with Crippen molar-refractivity contribution in [2.45, 2.75) is 6.92 Å². The van der Waals surface area contributed by atoms with Crippen LogP contribution in [-0.4, -0.2) is 18.9 Å². The first-order valence-corrected chi connectivity index (χ1v) is 13.9. The summed E-state index contributed by atoms with van der Waals surface area (Å²) in [4.78, 5) is 10.1. The van der Waals surface area contributed by atoms with Crippen LogP contribution < -0.4 is 0 Å². The third-order valence-corrected chi connectivity index (χ3v) is 7.90. The minimum absolute atomic E-state index is 0.685. The number of rotatable bonds is 4. The van der Waals surface area contributed by atoms with E-state index in [0.717, 1.165) is 33.8 Å². The standard InChI is InChI=1S/C37H26N4/c1-25-24-28(20-21-32(25)41-33-18-10-8-16-29(33)30-17-9-11-19-34(30)41)31-22-23-40-36(27-14-6-3-7-15-27)35(39-37(40)38-31)26-12-4-2-5-13-26/h2-24H,1H3. The van der Waals surface area contributed by atoms with Gasteiger partial charge >= 0.3 is 0 Å². The smallest absolute Gasteiger partial charge is 0.235 e. The van der Waals surface area contributed by atoms with Gasteiger partial charge in [0.25, 0.3) is 0 Å². The molecule has 0 aliphatic heterocycles. The van der Waals surface area contributed by atoms with Gasteiger partial charge in [-0.25, -0.2) is 9.97 Å². The minimum Gasteiger partial charge on any atom is -0.309 e. The van der Waals surface area contributed by atoms with E-state index in [0.29, 0.717) is 5.78 Å². The lowest BCUT2D eigenvalue weighted by molar-refractivity contribution is 1.11. The van der Waals surface area contributed by atoms with Crippen LogP contribution in [0.25, 0.3) is 67.0 Å². The molecule has 0 fully saturated rings. The number of fused-ring (bicyclic) bond motifs is 4. The van der Waals surface area contributed by atoms with Crippen LogP contribution in [0.3, 0.4) is 0 Å². The Morgan fingerprint density at radius 1 is 0.537 bits per heavy atom. The molecule has 0 aliphatic carbocycles. The lowest BCUT2D eigenvalue weighted by Gasteiger charge is -2.13. The molecule has 4 heteroatoms. The van der Waals surface area contributed by atoms with Gasteiger partial charge in [-0.3, -0.25) is 4.40 Å². The lowest BCUT2D eigenvalue weighted by Crippen LogP contribution is -1.98. The van der Waals surface area contributed by atoms with Gasteiger partial charge in [-0.2, -0.15) is 0 Å². The van der Waals surface area contributed by atoms with Crippen LogP contribution in [0.15, 0.2) is 140 Å². The van der Waals surface area contributed by atoms with Crippen molar-refractivity contribution < 1.29 is 0 Å². The maximum atomic E-state index is 5.06. The van der Waals surface area contributed by atoms with Gasteiger partial charge in [0.15, 0.2) is 0 Å². The van der Waals surface area contributed by atoms with Crippen LogP contribution in [0.2, 0.25) is 0 Å². The molecule has 8 aromatic rings. The van der Waals surface area contributed by atoms with Crippen molar-refractivity contribution in [3.8, 4) is 39.5 Å². The highest BCUT2D eigenvalue weighted by Gasteiger charge is 2.18. The number of para-hydroxylation sites is 2. The predicted octanol–water partition coefficient (Wildman–Crippen LogP) is 9.14. The molecule has 0 saturated carbocycles. The third kappa shape index (κ3) is 3.76. The SMILES string of the molecule is Cc1cc(-c2ccn3c(-c4ccccc4)c(-c4ccccc4)nc3n2)ccc1-n1c2ccccc2c2ccccc21. The van der Waals surface area contributed by atoms with Gasteiger partial charge in [-0.1, -0.05) is 103 Å². The second kappa shape index (κ2) is 9.32. The van der Waals surface area contributed by atoms with Crippen molar-refractivity contribution >= 4 is 27.6 Å². The Bertz CT molecular complexity index is 2150. The molecule has 0 N–H and O–H groups in total. The van der Waals surface area contributed by atoms with Gasteiger partial charge in [0.1, 0.15) is 0 Å². The molecule has 0 amide bonds. The van der Waals surface area contributed by atoms with Gasteiger partial charge in [-0.05, 0) is 42.8 Å². The fraction of sp³-hybridized carbons (Fsp3) is 0.0270. The van der Waals surface area contributed by atoms with Crippen LogP contribution in [-0.2, 0) is 0 Å². The second-order valence-electron chi connectivity index (χ2n) is 10.4. The summed E-state index contributed by atoms with van der Waals surface area (Å²) in [6.07, 6.45) is 2.09. The summed E-state index contributed by atoms with van der Waals surface area (Å²) in [5.74, 6) is 0.685. The molecule has 8 rings (SSSR count). The van der Waals surface area contributed by atoms with E-state index >= 15 is 0 Å². The highest BCUT2D eigenvalue weighted by molar-refractivity contribution is 6.09. The monoisotopic (exact) mass is 526 g/mol. The van der Waals surface area contributed by atoms with Crippen LogP contribution >= 0.6 is 0 Å². The molecule has 0 spiro atoms. The van der Waals surface area contributed by atoms with Crippen molar-refractivity contribution in [3.63, 3.8) is 0 Å². The second-order valence-corrected chi connectivity index (χ2v) is 10.4. The Morgan fingerprint density at radius 2 is 1.15 bits per heavy atom. The Hall–Kier alpha value is -5.48. The summed E-state index contributed by atoms with van der Waals surface area (Å²) in [6.45, 7) is 2.18. The van der Waals surface area contributed by atoms with Crippen LogP contribution in [0.5, 0.6) is 0 Å². The molecule has 0 radical (unpaired) electrons. The van der Waals surface area contributed by atoms with E-state index in [1.54, 1.807) is 0 Å². The van der Waals surface area contributed by atoms with E-state index in [4.69, 9.17) is 9.97 Å². The molecule has 0 atom stereocenters. The van der Waals surface area contributed by atoms with Crippen molar-refractivity contribution in [2.24, 2.45) is 0 Å². The van der Waals surface area contributed by atoms with Crippen molar-refractivity contribution in [1.82, 2.24) is 18.9 Å². The zero-order chi connectivity index (χ0) is 27.3. The highest BCUT2D eigenvalue weighted by atomic mass is 15.1. The maximum Gasteiger partial charge on any atom is 0.235 e. The minimum atomic E-state index is 0.685. The molecule has 4 nitrogen and oxygen atoms in total. The number of hydrogen-bond acceptors (Lipinski definition) is 2. The zero-order valence-corrected chi connectivity index (χ0v) is 22.6. The first-order valence-electron chi connectivity index (χ1n) is 13.9. The molecule has 3 aromatic heterocycles. The first kappa shape index (κ1) is 23.4. The number of hydrogen-bond donors (Lipinski definition) is 0. The van der Waals surface area contributed by atoms with E-state index in [1.807, 2.05) is 12.1 Å². The van der Waals surface area contributed by atoms with E-state index < -0.39 is 0 Å². The van der Waals surface area contributed by atoms with Gasteiger partial charge in [0.05, 0.1) is 28.1 Å². The zero-order valence-electron chi connectivity index (χ0n) is 22.6. The van der Waals surface area contributed by atoms with E-state index in [9.17, 15) is 0 Å². The Balaban J connectivity index is 1.27. The Kier molecular flexibility index (Phi) is 5.32. The van der Waals surface area contributed by atoms with Gasteiger partial charge < -0.3 is 4.57 Å². The third-order valence-electron chi connectivity index (χ3n) is 7.90. The Labute approximate surface area is 237 Å². The van der Waals surface area contributed by atoms with Gasteiger partial charge in [0, 0.05) is 39.3 Å². The summed E-state index contributed by atoms with van der Waals surface area (Å²) in [7, 11) is 0. The molecule has 0 unspecified atom stereocenters. The molecule has 0 aliphatic rings. The number of aryl methyl sites for hydroxylation is 1. The largest absolute Gasteiger partial charge is 0.309 e. The molecule has 0 saturated heterocycles. The molecule has 3 heterocycles. The quantitative estimate of drug-likeness (QED) is 0.229. The number of nitrogens with zero attached hydrogens (tertiary/aromatic N) is 4. The van der Waals surface area contributed by atoms with Crippen LogP contribution in [0, 0.1) is 6.92 Å². The van der Waals surface area contributed by atoms with Crippen LogP contribution in [0.4, 0.5) is 0 Å². The summed E-state index contributed by atoms with van der Waals surface area (Å²) in [5, 5.41) is 2.53. The van der Waals surface area contributed by atoms with Crippen LogP contribution in [0.1, 0.15) is 5.56 Å². The van der Waals surface area contributed by atoms with Crippen molar-refractivity contribution in [2.75, 3.05) is 0 Å². The fourth-order valence-electron chi connectivity index (χ4n) is 6.01. The summed E-state index contributed by atoms with van der Waals surface area (Å²) < 4.78 is 4.47. The molecular formula is C37H26N4. The molecular weight excluding hydrogens is 500 g/mol. The van der Waals surface area contributed by atoms with Crippen molar-refractivity contribution in [3.05, 3.63) is 145 Å². The molecule has 5 aromatic carbocycles. The molecule has 194 valence electrons.